The summed E-state index contributed by atoms with van der Waals surface area (Å²) in [7, 11) is -3.67. The van der Waals surface area contributed by atoms with Gasteiger partial charge in [0, 0.05) is 6.54 Å². The van der Waals surface area contributed by atoms with Gasteiger partial charge in [0.2, 0.25) is 0 Å². The zero-order valence-electron chi connectivity index (χ0n) is 8.52. The molecule has 0 radical (unpaired) electrons. The van der Waals surface area contributed by atoms with Crippen molar-refractivity contribution in [2.24, 2.45) is 5.92 Å². The molecule has 0 aromatic carbocycles. The van der Waals surface area contributed by atoms with Gasteiger partial charge in [-0.3, -0.25) is 4.55 Å². The SMILES string of the molecule is CCN1CCC(C)C1.CS(=O)(=O)O. The largest absolute Gasteiger partial charge is 0.303 e. The summed E-state index contributed by atoms with van der Waals surface area (Å²) in [5.74, 6) is 0.954. The van der Waals surface area contributed by atoms with Crippen LogP contribution in [0.2, 0.25) is 0 Å². The van der Waals surface area contributed by atoms with Gasteiger partial charge >= 0.3 is 0 Å². The molecule has 1 fully saturated rings. The maximum Gasteiger partial charge on any atom is 0.261 e. The molecule has 13 heavy (non-hydrogen) atoms. The molecule has 4 nitrogen and oxygen atoms in total. The summed E-state index contributed by atoms with van der Waals surface area (Å²) in [4.78, 5) is 2.50. The van der Waals surface area contributed by atoms with Crippen molar-refractivity contribution < 1.29 is 13.0 Å². The maximum atomic E-state index is 9.19. The molecule has 1 rings (SSSR count). The Morgan fingerprint density at radius 3 is 2.15 bits per heavy atom. The van der Waals surface area contributed by atoms with Gasteiger partial charge in [0.15, 0.2) is 0 Å². The minimum absolute atomic E-state index is 0.715. The fraction of sp³-hybridized carbons (Fsp3) is 1.00. The van der Waals surface area contributed by atoms with E-state index in [1.54, 1.807) is 0 Å². The Morgan fingerprint density at radius 2 is 2.00 bits per heavy atom. The predicted octanol–water partition coefficient (Wildman–Crippen LogP) is 0.852. The van der Waals surface area contributed by atoms with E-state index in [-0.39, 0.29) is 0 Å². The second kappa shape index (κ2) is 5.57. The van der Waals surface area contributed by atoms with Crippen LogP contribution in [0.15, 0.2) is 0 Å². The number of hydrogen-bond donors (Lipinski definition) is 1. The van der Waals surface area contributed by atoms with Crippen LogP contribution in [0.25, 0.3) is 0 Å². The molecular weight excluding hydrogens is 190 g/mol. The maximum absolute atomic E-state index is 9.19. The molecule has 0 bridgehead atoms. The Bertz CT molecular complexity index is 218. The predicted molar refractivity (Wildman–Crippen MR) is 53.4 cm³/mol. The van der Waals surface area contributed by atoms with E-state index in [1.807, 2.05) is 0 Å². The number of hydrogen-bond acceptors (Lipinski definition) is 3. The summed E-state index contributed by atoms with van der Waals surface area (Å²) in [6.45, 7) is 8.46. The minimum Gasteiger partial charge on any atom is -0.303 e. The lowest BCUT2D eigenvalue weighted by atomic mass is 10.2. The van der Waals surface area contributed by atoms with E-state index >= 15 is 0 Å². The normalized spacial score (nSPS) is 23.8. The zero-order valence-corrected chi connectivity index (χ0v) is 9.34. The van der Waals surface area contributed by atoms with E-state index < -0.39 is 10.1 Å². The lowest BCUT2D eigenvalue weighted by Gasteiger charge is -2.09. The lowest BCUT2D eigenvalue weighted by Crippen LogP contribution is -2.18. The Labute approximate surface area is 80.7 Å². The van der Waals surface area contributed by atoms with Crippen LogP contribution < -0.4 is 0 Å². The molecule has 1 atom stereocenters. The van der Waals surface area contributed by atoms with Gasteiger partial charge in [-0.25, -0.2) is 0 Å². The molecule has 0 aliphatic carbocycles. The molecule has 1 heterocycles. The highest BCUT2D eigenvalue weighted by atomic mass is 32.2. The number of nitrogens with zero attached hydrogens (tertiary/aromatic N) is 1. The summed E-state index contributed by atoms with van der Waals surface area (Å²) in [6, 6.07) is 0. The third-order valence-electron chi connectivity index (χ3n) is 1.96. The summed E-state index contributed by atoms with van der Waals surface area (Å²) in [5, 5.41) is 0. The van der Waals surface area contributed by atoms with E-state index in [9.17, 15) is 8.42 Å². The molecular formula is C8H19NO3S. The third kappa shape index (κ3) is 9.79. The molecule has 1 aliphatic rings. The van der Waals surface area contributed by atoms with Gasteiger partial charge in [-0.05, 0) is 25.4 Å². The van der Waals surface area contributed by atoms with Crippen molar-refractivity contribution in [2.75, 3.05) is 25.9 Å². The molecule has 0 aromatic heterocycles. The van der Waals surface area contributed by atoms with Crippen LogP contribution in [0.5, 0.6) is 0 Å². The van der Waals surface area contributed by atoms with Gasteiger partial charge in [0.05, 0.1) is 6.26 Å². The van der Waals surface area contributed by atoms with Crippen molar-refractivity contribution in [2.45, 2.75) is 20.3 Å². The van der Waals surface area contributed by atoms with Gasteiger partial charge in [0.1, 0.15) is 0 Å². The first kappa shape index (κ1) is 12.9. The van der Waals surface area contributed by atoms with Crippen molar-refractivity contribution in [1.82, 2.24) is 4.90 Å². The Kier molecular flexibility index (Phi) is 5.51. The van der Waals surface area contributed by atoms with E-state index in [2.05, 4.69) is 18.7 Å². The number of likely N-dealkylation sites (tertiary alicyclic amines) is 1. The van der Waals surface area contributed by atoms with Crippen molar-refractivity contribution in [3.63, 3.8) is 0 Å². The fourth-order valence-corrected chi connectivity index (χ4v) is 1.31. The summed E-state index contributed by atoms with van der Waals surface area (Å²) < 4.78 is 25.9. The zero-order chi connectivity index (χ0) is 10.5. The second-order valence-electron chi connectivity index (χ2n) is 3.52. The summed E-state index contributed by atoms with van der Waals surface area (Å²) in [5.41, 5.74) is 0. The molecule has 1 N–H and O–H groups in total. The molecule has 0 saturated carbocycles. The van der Waals surface area contributed by atoms with Gasteiger partial charge in [-0.2, -0.15) is 8.42 Å². The highest BCUT2D eigenvalue weighted by Crippen LogP contribution is 2.13. The quantitative estimate of drug-likeness (QED) is 0.651. The topological polar surface area (TPSA) is 57.6 Å². The van der Waals surface area contributed by atoms with Crippen molar-refractivity contribution in [3.05, 3.63) is 0 Å². The average molecular weight is 209 g/mol. The molecule has 1 unspecified atom stereocenters. The summed E-state index contributed by atoms with van der Waals surface area (Å²) >= 11 is 0. The Morgan fingerprint density at radius 1 is 1.54 bits per heavy atom. The van der Waals surface area contributed by atoms with Crippen LogP contribution in [0, 0.1) is 5.92 Å². The van der Waals surface area contributed by atoms with E-state index in [0.29, 0.717) is 6.26 Å². The second-order valence-corrected chi connectivity index (χ2v) is 4.99. The lowest BCUT2D eigenvalue weighted by molar-refractivity contribution is 0.346. The van der Waals surface area contributed by atoms with Crippen LogP contribution in [-0.4, -0.2) is 43.8 Å². The number of rotatable bonds is 1. The molecule has 80 valence electrons. The van der Waals surface area contributed by atoms with Gasteiger partial charge < -0.3 is 4.90 Å². The monoisotopic (exact) mass is 209 g/mol. The van der Waals surface area contributed by atoms with Crippen LogP contribution in [-0.2, 0) is 10.1 Å². The standard InChI is InChI=1S/C7H15N.CH4O3S/c1-3-8-5-4-7(2)6-8;1-5(2,3)4/h7H,3-6H2,1-2H3;1H3,(H,2,3,4). The van der Waals surface area contributed by atoms with Gasteiger partial charge in [-0.15, -0.1) is 0 Å². The summed E-state index contributed by atoms with van der Waals surface area (Å²) in [6.07, 6.45) is 2.13. The van der Waals surface area contributed by atoms with Crippen molar-refractivity contribution >= 4 is 10.1 Å². The van der Waals surface area contributed by atoms with Crippen LogP contribution in [0.1, 0.15) is 20.3 Å². The van der Waals surface area contributed by atoms with Crippen molar-refractivity contribution in [1.29, 1.82) is 0 Å². The third-order valence-corrected chi connectivity index (χ3v) is 1.96. The van der Waals surface area contributed by atoms with E-state index in [4.69, 9.17) is 4.55 Å². The van der Waals surface area contributed by atoms with Crippen LogP contribution in [0.3, 0.4) is 0 Å². The van der Waals surface area contributed by atoms with Gasteiger partial charge in [-0.1, -0.05) is 13.8 Å². The first-order valence-electron chi connectivity index (χ1n) is 4.47. The first-order valence-corrected chi connectivity index (χ1v) is 6.32. The van der Waals surface area contributed by atoms with E-state index in [0.717, 1.165) is 5.92 Å². The van der Waals surface area contributed by atoms with Crippen molar-refractivity contribution in [3.8, 4) is 0 Å². The molecule has 1 aliphatic heterocycles. The molecule has 5 heteroatoms. The Hall–Kier alpha value is -0.130. The minimum atomic E-state index is -3.67. The molecule has 1 saturated heterocycles. The Balaban J connectivity index is 0.000000252. The van der Waals surface area contributed by atoms with Gasteiger partial charge in [0.25, 0.3) is 10.1 Å². The highest BCUT2D eigenvalue weighted by Gasteiger charge is 2.15. The first-order chi connectivity index (χ1) is 5.83. The van der Waals surface area contributed by atoms with Crippen LogP contribution >= 0.6 is 0 Å². The highest BCUT2D eigenvalue weighted by molar-refractivity contribution is 7.85. The smallest absolute Gasteiger partial charge is 0.261 e. The van der Waals surface area contributed by atoms with Crippen LogP contribution in [0.4, 0.5) is 0 Å². The van der Waals surface area contributed by atoms with E-state index in [1.165, 1.54) is 26.1 Å². The fourth-order valence-electron chi connectivity index (χ4n) is 1.31. The molecule has 0 spiro atoms. The average Bonchev–Trinajstić information content (AvgIpc) is 2.31. The molecule has 0 amide bonds. The molecule has 0 aromatic rings.